The van der Waals surface area contributed by atoms with Crippen LogP contribution in [0.4, 0.5) is 11.4 Å². The maximum Gasteiger partial charge on any atom is 0.174 e. The summed E-state index contributed by atoms with van der Waals surface area (Å²) in [5.41, 5.74) is 7.97. The molecule has 4 aromatic rings. The fraction of sp³-hybridized carbons (Fsp3) is 0.333. The molecular weight excluding hydrogens is 514 g/mol. The first-order chi connectivity index (χ1) is 19.3. The standard InChI is InChI=1S/C33H39N5OS/c1-7-36(8-2)25-12-14-26(15-13-25)37-23(5)21-29(24(37)6)32-31(30-11-9-10-20-34-30)35-33(40)38(32)27-16-18-28(19-17-27)39-22(3)4/h9-22,31-32H,7-8H2,1-6H3,(H,35,40). The molecule has 1 saturated heterocycles. The van der Waals surface area contributed by atoms with E-state index in [1.54, 1.807) is 0 Å². The number of nitrogens with zero attached hydrogens (tertiary/aromatic N) is 4. The van der Waals surface area contributed by atoms with Crippen molar-refractivity contribution in [2.45, 2.75) is 59.7 Å². The lowest BCUT2D eigenvalue weighted by Crippen LogP contribution is -2.29. The van der Waals surface area contributed by atoms with Gasteiger partial charge in [-0.1, -0.05) is 6.07 Å². The lowest BCUT2D eigenvalue weighted by atomic mass is 9.96. The first-order valence-electron chi connectivity index (χ1n) is 14.1. The average molecular weight is 554 g/mol. The van der Waals surface area contributed by atoms with Crippen molar-refractivity contribution in [1.82, 2.24) is 14.9 Å². The highest BCUT2D eigenvalue weighted by Crippen LogP contribution is 2.44. The van der Waals surface area contributed by atoms with Crippen LogP contribution in [0.5, 0.6) is 5.75 Å². The number of ether oxygens (including phenoxy) is 1. The van der Waals surface area contributed by atoms with Crippen LogP contribution in [-0.4, -0.2) is 33.9 Å². The number of aryl methyl sites for hydroxylation is 1. The molecule has 0 saturated carbocycles. The molecule has 0 radical (unpaired) electrons. The molecule has 2 unspecified atom stereocenters. The van der Waals surface area contributed by atoms with Crippen molar-refractivity contribution in [3.63, 3.8) is 0 Å². The van der Waals surface area contributed by atoms with Gasteiger partial charge in [-0.25, -0.2) is 0 Å². The highest BCUT2D eigenvalue weighted by atomic mass is 32.1. The number of aromatic nitrogens is 2. The van der Waals surface area contributed by atoms with Gasteiger partial charge in [0, 0.05) is 47.7 Å². The van der Waals surface area contributed by atoms with Crippen LogP contribution in [0.1, 0.15) is 62.4 Å². The Morgan fingerprint density at radius 3 is 2.23 bits per heavy atom. The molecule has 2 atom stereocenters. The minimum Gasteiger partial charge on any atom is -0.491 e. The van der Waals surface area contributed by atoms with Gasteiger partial charge in [-0.05, 0) is 126 Å². The minimum absolute atomic E-state index is 0.0748. The predicted molar refractivity (Wildman–Crippen MR) is 169 cm³/mol. The molecule has 1 aliphatic heterocycles. The molecule has 40 heavy (non-hydrogen) atoms. The number of hydrogen-bond acceptors (Lipinski definition) is 4. The van der Waals surface area contributed by atoms with Crippen LogP contribution in [0.2, 0.25) is 0 Å². The number of nitrogens with one attached hydrogen (secondary N) is 1. The van der Waals surface area contributed by atoms with Crippen LogP contribution < -0.4 is 19.9 Å². The van der Waals surface area contributed by atoms with Gasteiger partial charge in [0.2, 0.25) is 0 Å². The predicted octanol–water partition coefficient (Wildman–Crippen LogP) is 7.30. The quantitative estimate of drug-likeness (QED) is 0.220. The molecule has 1 aliphatic rings. The van der Waals surface area contributed by atoms with Crippen LogP contribution in [0.3, 0.4) is 0 Å². The lowest BCUT2D eigenvalue weighted by molar-refractivity contribution is 0.242. The summed E-state index contributed by atoms with van der Waals surface area (Å²) in [5, 5.41) is 4.28. The first kappa shape index (κ1) is 27.7. The molecular formula is C33H39N5OS. The van der Waals surface area contributed by atoms with Gasteiger partial charge in [0.05, 0.1) is 23.9 Å². The summed E-state index contributed by atoms with van der Waals surface area (Å²) in [6.45, 7) is 14.8. The SMILES string of the molecule is CCN(CC)c1ccc(-n2c(C)cc(C3C(c4ccccn4)NC(=S)N3c3ccc(OC(C)C)cc3)c2C)cc1. The van der Waals surface area contributed by atoms with Gasteiger partial charge in [0.1, 0.15) is 5.75 Å². The largest absolute Gasteiger partial charge is 0.491 e. The van der Waals surface area contributed by atoms with E-state index in [9.17, 15) is 0 Å². The molecule has 2 aromatic carbocycles. The first-order valence-corrected chi connectivity index (χ1v) is 14.5. The fourth-order valence-corrected chi connectivity index (χ4v) is 6.14. The average Bonchev–Trinajstić information content (AvgIpc) is 3.45. The Balaban J connectivity index is 1.58. The van der Waals surface area contributed by atoms with Gasteiger partial charge < -0.3 is 24.4 Å². The second kappa shape index (κ2) is 11.7. The van der Waals surface area contributed by atoms with E-state index in [0.29, 0.717) is 5.11 Å². The second-order valence-corrected chi connectivity index (χ2v) is 10.9. The van der Waals surface area contributed by atoms with Gasteiger partial charge in [0.15, 0.2) is 5.11 Å². The zero-order valence-corrected chi connectivity index (χ0v) is 25.1. The maximum atomic E-state index is 5.96. The minimum atomic E-state index is -0.0979. The summed E-state index contributed by atoms with van der Waals surface area (Å²) >= 11 is 5.96. The highest BCUT2D eigenvalue weighted by Gasteiger charge is 2.42. The molecule has 208 valence electrons. The van der Waals surface area contributed by atoms with E-state index in [2.05, 4.69) is 95.9 Å². The monoisotopic (exact) mass is 553 g/mol. The Labute approximate surface area is 243 Å². The number of benzene rings is 2. The molecule has 0 spiro atoms. The van der Waals surface area contributed by atoms with E-state index < -0.39 is 0 Å². The molecule has 6 nitrogen and oxygen atoms in total. The van der Waals surface area contributed by atoms with Crippen molar-refractivity contribution in [2.24, 2.45) is 0 Å². The van der Waals surface area contributed by atoms with Crippen LogP contribution >= 0.6 is 12.2 Å². The van der Waals surface area contributed by atoms with Gasteiger partial charge in [-0.15, -0.1) is 0 Å². The van der Waals surface area contributed by atoms with Crippen molar-refractivity contribution in [2.75, 3.05) is 22.9 Å². The third kappa shape index (κ3) is 5.30. The van der Waals surface area contributed by atoms with Gasteiger partial charge in [0.25, 0.3) is 0 Å². The number of hydrogen-bond donors (Lipinski definition) is 1. The molecule has 0 amide bonds. The van der Waals surface area contributed by atoms with Crippen molar-refractivity contribution in [3.8, 4) is 11.4 Å². The molecule has 0 aliphatic carbocycles. The van der Waals surface area contributed by atoms with E-state index in [1.165, 1.54) is 22.6 Å². The molecule has 1 fully saturated rings. The molecule has 1 N–H and O–H groups in total. The Hall–Kier alpha value is -3.84. The van der Waals surface area contributed by atoms with Crippen LogP contribution in [0.15, 0.2) is 79.0 Å². The fourth-order valence-electron chi connectivity index (χ4n) is 5.79. The van der Waals surface area contributed by atoms with Gasteiger partial charge in [-0.3, -0.25) is 4.98 Å². The zero-order chi connectivity index (χ0) is 28.4. The number of pyridine rings is 1. The molecule has 0 bridgehead atoms. The number of rotatable bonds is 9. The Morgan fingerprint density at radius 2 is 1.62 bits per heavy atom. The maximum absolute atomic E-state index is 5.96. The van der Waals surface area contributed by atoms with E-state index in [4.69, 9.17) is 21.9 Å². The second-order valence-electron chi connectivity index (χ2n) is 10.5. The molecule has 2 aromatic heterocycles. The Morgan fingerprint density at radius 1 is 0.950 bits per heavy atom. The van der Waals surface area contributed by atoms with E-state index in [0.717, 1.165) is 35.9 Å². The number of anilines is 2. The third-order valence-corrected chi connectivity index (χ3v) is 7.92. The summed E-state index contributed by atoms with van der Waals surface area (Å²) < 4.78 is 8.25. The highest BCUT2D eigenvalue weighted by molar-refractivity contribution is 7.80. The molecule has 5 rings (SSSR count). The topological polar surface area (TPSA) is 45.6 Å². The van der Waals surface area contributed by atoms with Crippen molar-refractivity contribution in [3.05, 3.63) is 102 Å². The zero-order valence-electron chi connectivity index (χ0n) is 24.3. The van der Waals surface area contributed by atoms with Crippen LogP contribution in [0, 0.1) is 13.8 Å². The molecule has 3 heterocycles. The van der Waals surface area contributed by atoms with Crippen molar-refractivity contribution >= 4 is 28.7 Å². The van der Waals surface area contributed by atoms with Gasteiger partial charge in [-0.2, -0.15) is 0 Å². The Kier molecular flexibility index (Phi) is 8.12. The van der Waals surface area contributed by atoms with Gasteiger partial charge >= 0.3 is 0 Å². The van der Waals surface area contributed by atoms with E-state index >= 15 is 0 Å². The van der Waals surface area contributed by atoms with Crippen molar-refractivity contribution in [1.29, 1.82) is 0 Å². The van der Waals surface area contributed by atoms with Crippen LogP contribution in [-0.2, 0) is 0 Å². The summed E-state index contributed by atoms with van der Waals surface area (Å²) in [6.07, 6.45) is 1.96. The lowest BCUT2D eigenvalue weighted by Gasteiger charge is -2.28. The third-order valence-electron chi connectivity index (χ3n) is 7.61. The summed E-state index contributed by atoms with van der Waals surface area (Å²) in [6, 6.07) is 25.3. The summed E-state index contributed by atoms with van der Waals surface area (Å²) in [7, 11) is 0. The Bertz CT molecular complexity index is 1440. The molecule has 7 heteroatoms. The van der Waals surface area contributed by atoms with E-state index in [1.807, 2.05) is 44.3 Å². The summed E-state index contributed by atoms with van der Waals surface area (Å²) in [5.74, 6) is 0.848. The normalized spacial score (nSPS) is 16.9. The van der Waals surface area contributed by atoms with E-state index in [-0.39, 0.29) is 18.2 Å². The smallest absolute Gasteiger partial charge is 0.174 e. The number of thiocarbonyl (C=S) groups is 1. The van der Waals surface area contributed by atoms with Crippen LogP contribution in [0.25, 0.3) is 5.69 Å². The summed E-state index contributed by atoms with van der Waals surface area (Å²) in [4.78, 5) is 9.31. The van der Waals surface area contributed by atoms with Crippen molar-refractivity contribution < 1.29 is 4.74 Å².